The van der Waals surface area contributed by atoms with Crippen LogP contribution in [0.2, 0.25) is 0 Å². The zero-order chi connectivity index (χ0) is 27.4. The fourth-order valence-corrected chi connectivity index (χ4v) is 7.08. The van der Waals surface area contributed by atoms with E-state index < -0.39 is 25.1 Å². The zero-order valence-corrected chi connectivity index (χ0v) is 23.1. The van der Waals surface area contributed by atoms with E-state index in [0.717, 1.165) is 5.56 Å². The quantitative estimate of drug-likeness (QED) is 0.397. The third-order valence-electron chi connectivity index (χ3n) is 5.64. The molecule has 0 aliphatic carbocycles. The number of nitrogens with one attached hydrogen (secondary N) is 2. The molecule has 3 rings (SSSR count). The van der Waals surface area contributed by atoms with Crippen molar-refractivity contribution in [2.24, 2.45) is 0 Å². The molecule has 1 aliphatic rings. The molecule has 0 spiro atoms. The Morgan fingerprint density at radius 2 is 1.81 bits per heavy atom. The van der Waals surface area contributed by atoms with Crippen molar-refractivity contribution in [1.29, 1.82) is 0 Å². The second kappa shape index (κ2) is 11.0. The normalized spacial score (nSPS) is 17.5. The molecule has 2 aromatic rings. The predicted molar refractivity (Wildman–Crippen MR) is 143 cm³/mol. The van der Waals surface area contributed by atoms with Crippen molar-refractivity contribution < 1.29 is 27.5 Å². The molecule has 10 heteroatoms. The van der Waals surface area contributed by atoms with Crippen molar-refractivity contribution in [2.75, 3.05) is 7.11 Å². The summed E-state index contributed by atoms with van der Waals surface area (Å²) in [6, 6.07) is 11.0. The van der Waals surface area contributed by atoms with Gasteiger partial charge in [0.2, 0.25) is 13.9 Å². The number of hydrogen-bond donors (Lipinski definition) is 2. The van der Waals surface area contributed by atoms with Gasteiger partial charge in [-0.15, -0.1) is 0 Å². The van der Waals surface area contributed by atoms with Gasteiger partial charge in [-0.2, -0.15) is 0 Å². The van der Waals surface area contributed by atoms with Crippen molar-refractivity contribution in [3.8, 4) is 17.6 Å². The summed E-state index contributed by atoms with van der Waals surface area (Å²) in [6.07, 6.45) is 0.463. The number of sulfone groups is 1. The number of imide groups is 1. The molecule has 196 valence electrons. The SMILES string of the molecule is COc1ccc(S(=O)(=O)C2(CCCC#Cc3cc(C(=O)NC(C)(C)C)ccc3C)SC(=O)NC2=O)cc1. The Kier molecular flexibility index (Phi) is 8.40. The van der Waals surface area contributed by atoms with E-state index in [1.54, 1.807) is 12.1 Å². The second-order valence-electron chi connectivity index (χ2n) is 9.66. The summed E-state index contributed by atoms with van der Waals surface area (Å²) in [7, 11) is -2.74. The predicted octanol–water partition coefficient (Wildman–Crippen LogP) is 4.21. The molecule has 2 N–H and O–H groups in total. The van der Waals surface area contributed by atoms with Gasteiger partial charge in [-0.3, -0.25) is 19.7 Å². The Morgan fingerprint density at radius 1 is 1.14 bits per heavy atom. The van der Waals surface area contributed by atoms with E-state index in [2.05, 4.69) is 22.5 Å². The van der Waals surface area contributed by atoms with Gasteiger partial charge in [0.25, 0.3) is 17.1 Å². The van der Waals surface area contributed by atoms with E-state index in [-0.39, 0.29) is 29.2 Å². The van der Waals surface area contributed by atoms with E-state index in [4.69, 9.17) is 4.74 Å². The topological polar surface area (TPSA) is 119 Å². The van der Waals surface area contributed by atoms with Gasteiger partial charge in [0.1, 0.15) is 5.75 Å². The van der Waals surface area contributed by atoms with Crippen LogP contribution in [0.3, 0.4) is 0 Å². The Balaban J connectivity index is 1.78. The number of hydrogen-bond acceptors (Lipinski definition) is 7. The molecule has 1 heterocycles. The first-order valence-corrected chi connectivity index (χ1v) is 13.9. The highest BCUT2D eigenvalue weighted by Gasteiger charge is 2.57. The minimum absolute atomic E-state index is 0.0716. The lowest BCUT2D eigenvalue weighted by Crippen LogP contribution is -2.43. The Morgan fingerprint density at radius 3 is 2.38 bits per heavy atom. The Hall–Kier alpha value is -3.29. The highest BCUT2D eigenvalue weighted by molar-refractivity contribution is 8.25. The number of thioether (sulfide) groups is 1. The third-order valence-corrected chi connectivity index (χ3v) is 9.71. The number of carbonyl (C=O) groups excluding carboxylic acids is 3. The Bertz CT molecular complexity index is 1380. The molecule has 37 heavy (non-hydrogen) atoms. The molecule has 0 aromatic heterocycles. The number of methoxy groups -OCH3 is 1. The van der Waals surface area contributed by atoms with Gasteiger partial charge in [0, 0.05) is 23.1 Å². The van der Waals surface area contributed by atoms with Crippen LogP contribution in [-0.4, -0.2) is 42.2 Å². The van der Waals surface area contributed by atoms with Crippen LogP contribution in [0.1, 0.15) is 61.5 Å². The van der Waals surface area contributed by atoms with Crippen LogP contribution in [0.5, 0.6) is 5.75 Å². The number of ether oxygens (including phenoxy) is 1. The van der Waals surface area contributed by atoms with Crippen LogP contribution in [-0.2, 0) is 14.6 Å². The molecular weight excluding hydrogens is 512 g/mol. The van der Waals surface area contributed by atoms with E-state index in [1.807, 2.05) is 33.8 Å². The maximum atomic E-state index is 13.5. The van der Waals surface area contributed by atoms with E-state index in [9.17, 15) is 22.8 Å². The molecule has 1 fully saturated rings. The molecule has 1 aliphatic heterocycles. The highest BCUT2D eigenvalue weighted by Crippen LogP contribution is 2.44. The molecule has 2 aromatic carbocycles. The fourth-order valence-electron chi connectivity index (χ4n) is 3.71. The molecule has 0 bridgehead atoms. The lowest BCUT2D eigenvalue weighted by Gasteiger charge is -2.24. The maximum absolute atomic E-state index is 13.5. The van der Waals surface area contributed by atoms with Gasteiger partial charge in [-0.25, -0.2) is 8.42 Å². The summed E-state index contributed by atoms with van der Waals surface area (Å²) < 4.78 is 30.1. The lowest BCUT2D eigenvalue weighted by molar-refractivity contribution is -0.120. The van der Waals surface area contributed by atoms with Crippen LogP contribution in [0.25, 0.3) is 0 Å². The van der Waals surface area contributed by atoms with Gasteiger partial charge < -0.3 is 10.1 Å². The van der Waals surface area contributed by atoms with Gasteiger partial charge in [0.05, 0.1) is 12.0 Å². The summed E-state index contributed by atoms with van der Waals surface area (Å²) in [5.74, 6) is 5.48. The second-order valence-corrected chi connectivity index (χ2v) is 13.4. The number of unbranched alkanes of at least 4 members (excludes halogenated alkanes) is 1. The summed E-state index contributed by atoms with van der Waals surface area (Å²) in [4.78, 5) is 37.2. The first-order chi connectivity index (χ1) is 17.3. The number of carbonyl (C=O) groups is 3. The van der Waals surface area contributed by atoms with E-state index >= 15 is 0 Å². The molecule has 1 unspecified atom stereocenters. The van der Waals surface area contributed by atoms with Gasteiger partial charge in [-0.05, 0) is 94.3 Å². The molecule has 1 saturated heterocycles. The van der Waals surface area contributed by atoms with Gasteiger partial charge in [0.15, 0.2) is 0 Å². The largest absolute Gasteiger partial charge is 0.497 e. The van der Waals surface area contributed by atoms with Gasteiger partial charge >= 0.3 is 0 Å². The van der Waals surface area contributed by atoms with Crippen molar-refractivity contribution >= 4 is 38.7 Å². The molecular formula is C27H30N2O6S2. The molecule has 0 radical (unpaired) electrons. The van der Waals surface area contributed by atoms with Crippen LogP contribution in [0, 0.1) is 18.8 Å². The van der Waals surface area contributed by atoms with Crippen LogP contribution >= 0.6 is 11.8 Å². The van der Waals surface area contributed by atoms with Crippen molar-refractivity contribution in [2.45, 2.75) is 61.5 Å². The van der Waals surface area contributed by atoms with E-state index in [1.165, 1.54) is 31.4 Å². The average Bonchev–Trinajstić information content (AvgIpc) is 3.13. The molecule has 3 amide bonds. The molecule has 1 atom stereocenters. The maximum Gasteiger partial charge on any atom is 0.287 e. The molecule has 0 saturated carbocycles. The van der Waals surface area contributed by atoms with Crippen LogP contribution in [0.15, 0.2) is 47.4 Å². The monoisotopic (exact) mass is 542 g/mol. The Labute approximate surface area is 221 Å². The van der Waals surface area contributed by atoms with Crippen molar-refractivity contribution in [3.05, 3.63) is 59.2 Å². The zero-order valence-electron chi connectivity index (χ0n) is 21.4. The molecule has 8 nitrogen and oxygen atoms in total. The minimum Gasteiger partial charge on any atom is -0.497 e. The van der Waals surface area contributed by atoms with Crippen molar-refractivity contribution in [3.63, 3.8) is 0 Å². The first kappa shape index (κ1) is 28.3. The third kappa shape index (κ3) is 6.35. The highest BCUT2D eigenvalue weighted by atomic mass is 32.3. The fraction of sp³-hybridized carbons (Fsp3) is 0.370. The van der Waals surface area contributed by atoms with Gasteiger partial charge in [-0.1, -0.05) is 17.9 Å². The minimum atomic E-state index is -4.20. The average molecular weight is 543 g/mol. The summed E-state index contributed by atoms with van der Waals surface area (Å²) >= 11 is 0.488. The standard InChI is InChI=1S/C27H30N2O6S2/c1-18-10-11-20(23(30)29-26(2,3)4)17-19(18)9-7-6-8-16-27(24(31)28-25(32)36-27)37(33,34)22-14-12-21(35-5)13-15-22/h10-15,17H,6,8,16H2,1-5H3,(H,29,30)(H,28,31,32). The van der Waals surface area contributed by atoms with Crippen LogP contribution < -0.4 is 15.4 Å². The number of rotatable bonds is 7. The summed E-state index contributed by atoms with van der Waals surface area (Å²) in [5, 5.41) is 4.34. The van der Waals surface area contributed by atoms with Crippen LogP contribution in [0.4, 0.5) is 4.79 Å². The number of benzene rings is 2. The van der Waals surface area contributed by atoms with E-state index in [0.29, 0.717) is 35.1 Å². The number of aryl methyl sites for hydroxylation is 1. The first-order valence-electron chi connectivity index (χ1n) is 11.6. The summed E-state index contributed by atoms with van der Waals surface area (Å²) in [5.41, 5.74) is 1.70. The summed E-state index contributed by atoms with van der Waals surface area (Å²) in [6.45, 7) is 7.59. The smallest absolute Gasteiger partial charge is 0.287 e. The van der Waals surface area contributed by atoms with Crippen molar-refractivity contribution in [1.82, 2.24) is 10.6 Å². The lowest BCUT2D eigenvalue weighted by atomic mass is 10.0. The number of amides is 3.